The fourth-order valence-electron chi connectivity index (χ4n) is 3.38. The predicted octanol–water partition coefficient (Wildman–Crippen LogP) is 5.01. The number of aryl methyl sites for hydroxylation is 2. The van der Waals surface area contributed by atoms with Crippen molar-refractivity contribution in [3.63, 3.8) is 0 Å². The molecular weight excluding hydrogens is 414 g/mol. The van der Waals surface area contributed by atoms with Gasteiger partial charge in [0.25, 0.3) is 0 Å². The van der Waals surface area contributed by atoms with E-state index in [1.807, 2.05) is 79.7 Å². The van der Waals surface area contributed by atoms with Crippen LogP contribution >= 0.6 is 0 Å². The van der Waals surface area contributed by atoms with Gasteiger partial charge in [0.05, 0.1) is 13.2 Å². The number of aromatic nitrogens is 2. The van der Waals surface area contributed by atoms with Crippen LogP contribution in [0.15, 0.2) is 83.4 Å². The lowest BCUT2D eigenvalue weighted by Crippen LogP contribution is -2.23. The van der Waals surface area contributed by atoms with E-state index in [2.05, 4.69) is 21.5 Å². The van der Waals surface area contributed by atoms with Crippen molar-refractivity contribution in [2.45, 2.75) is 39.5 Å². The molecule has 1 aromatic heterocycles. The van der Waals surface area contributed by atoms with Crippen molar-refractivity contribution in [2.24, 2.45) is 0 Å². The number of benzene rings is 3. The van der Waals surface area contributed by atoms with E-state index in [0.29, 0.717) is 37.9 Å². The van der Waals surface area contributed by atoms with E-state index in [0.717, 1.165) is 22.3 Å². The third-order valence-corrected chi connectivity index (χ3v) is 5.21. The summed E-state index contributed by atoms with van der Waals surface area (Å²) in [4.78, 5) is 16.7. The second kappa shape index (κ2) is 11.2. The first-order valence-corrected chi connectivity index (χ1v) is 11.0. The molecule has 1 N–H and O–H groups in total. The highest BCUT2D eigenvalue weighted by Gasteiger charge is 2.11. The second-order valence-electron chi connectivity index (χ2n) is 7.95. The Balaban J connectivity index is 1.20. The van der Waals surface area contributed by atoms with Crippen LogP contribution in [-0.4, -0.2) is 16.0 Å². The van der Waals surface area contributed by atoms with Crippen LogP contribution in [0.5, 0.6) is 0 Å². The summed E-state index contributed by atoms with van der Waals surface area (Å²) < 4.78 is 11.1. The first kappa shape index (κ1) is 22.4. The predicted molar refractivity (Wildman–Crippen MR) is 126 cm³/mol. The third-order valence-electron chi connectivity index (χ3n) is 5.21. The van der Waals surface area contributed by atoms with Crippen LogP contribution in [0.4, 0.5) is 0 Å². The highest BCUT2D eigenvalue weighted by atomic mass is 16.5. The fraction of sp³-hybridized carbons (Fsp3) is 0.222. The van der Waals surface area contributed by atoms with Gasteiger partial charge in [-0.05, 0) is 23.6 Å². The molecule has 0 radical (unpaired) electrons. The first-order chi connectivity index (χ1) is 16.2. The Labute approximate surface area is 193 Å². The second-order valence-corrected chi connectivity index (χ2v) is 7.95. The molecule has 4 rings (SSSR count). The van der Waals surface area contributed by atoms with Crippen molar-refractivity contribution in [3.8, 4) is 11.4 Å². The number of carbonyl (C=O) groups excluding carboxylic acids is 1. The summed E-state index contributed by atoms with van der Waals surface area (Å²) in [5, 5.41) is 6.96. The van der Waals surface area contributed by atoms with Crippen molar-refractivity contribution < 1.29 is 14.1 Å². The van der Waals surface area contributed by atoms with Crippen LogP contribution in [0.1, 0.15) is 34.6 Å². The Morgan fingerprint density at radius 1 is 0.909 bits per heavy atom. The van der Waals surface area contributed by atoms with E-state index < -0.39 is 0 Å². The topological polar surface area (TPSA) is 77.2 Å². The number of hydrogen-bond acceptors (Lipinski definition) is 5. The monoisotopic (exact) mass is 441 g/mol. The summed E-state index contributed by atoms with van der Waals surface area (Å²) in [6.07, 6.45) is 0.688. The van der Waals surface area contributed by atoms with Gasteiger partial charge in [-0.2, -0.15) is 4.98 Å². The Morgan fingerprint density at radius 3 is 2.45 bits per heavy atom. The molecule has 1 amide bonds. The molecule has 0 aliphatic carbocycles. The largest absolute Gasteiger partial charge is 0.372 e. The molecule has 0 fully saturated rings. The van der Waals surface area contributed by atoms with Gasteiger partial charge in [0.1, 0.15) is 0 Å². The molecule has 0 bridgehead atoms. The molecule has 0 saturated heterocycles. The quantitative estimate of drug-likeness (QED) is 0.374. The number of rotatable bonds is 10. The smallest absolute Gasteiger partial charge is 0.227 e. The minimum atomic E-state index is -0.0594. The molecule has 1 heterocycles. The van der Waals surface area contributed by atoms with Gasteiger partial charge < -0.3 is 14.6 Å². The maximum atomic E-state index is 12.3. The Bertz CT molecular complexity index is 1170. The summed E-state index contributed by atoms with van der Waals surface area (Å²) in [6.45, 7) is 3.59. The van der Waals surface area contributed by atoms with Crippen LogP contribution in [0, 0.1) is 6.92 Å². The van der Waals surface area contributed by atoms with E-state index in [1.54, 1.807) is 0 Å². The van der Waals surface area contributed by atoms with Crippen LogP contribution in [0.2, 0.25) is 0 Å². The molecule has 6 nitrogen and oxygen atoms in total. The molecule has 168 valence electrons. The van der Waals surface area contributed by atoms with Gasteiger partial charge >= 0.3 is 0 Å². The summed E-state index contributed by atoms with van der Waals surface area (Å²) in [5.41, 5.74) is 5.32. The van der Waals surface area contributed by atoms with Crippen molar-refractivity contribution in [3.05, 3.63) is 107 Å². The number of carbonyl (C=O) groups is 1. The minimum Gasteiger partial charge on any atom is -0.372 e. The van der Waals surface area contributed by atoms with Crippen molar-refractivity contribution >= 4 is 5.91 Å². The zero-order valence-electron chi connectivity index (χ0n) is 18.7. The van der Waals surface area contributed by atoms with Crippen LogP contribution in [0.25, 0.3) is 11.4 Å². The maximum Gasteiger partial charge on any atom is 0.227 e. The summed E-state index contributed by atoms with van der Waals surface area (Å²) in [7, 11) is 0. The standard InChI is InChI=1S/C27H27N3O3/c1-20-10-12-24(13-11-20)27-29-26(33-30-27)15-14-25(31)28-17-22-8-5-9-23(16-22)19-32-18-21-6-3-2-4-7-21/h2-13,16H,14-15,17-19H2,1H3,(H,28,31). The molecule has 0 aliphatic rings. The lowest BCUT2D eigenvalue weighted by atomic mass is 10.1. The van der Waals surface area contributed by atoms with Gasteiger partial charge in [-0.15, -0.1) is 0 Å². The SMILES string of the molecule is Cc1ccc(-c2noc(CCC(=O)NCc3cccc(COCc4ccccc4)c3)n2)cc1. The van der Waals surface area contributed by atoms with Gasteiger partial charge in [0.2, 0.25) is 17.6 Å². The molecule has 0 atom stereocenters. The zero-order chi connectivity index (χ0) is 22.9. The van der Waals surface area contributed by atoms with E-state index >= 15 is 0 Å². The third kappa shape index (κ3) is 6.85. The molecule has 4 aromatic rings. The zero-order valence-corrected chi connectivity index (χ0v) is 18.7. The average molecular weight is 442 g/mol. The van der Waals surface area contributed by atoms with Gasteiger partial charge in [-0.1, -0.05) is 89.6 Å². The van der Waals surface area contributed by atoms with Gasteiger partial charge in [0.15, 0.2) is 0 Å². The maximum absolute atomic E-state index is 12.3. The highest BCUT2D eigenvalue weighted by molar-refractivity contribution is 5.76. The summed E-state index contributed by atoms with van der Waals surface area (Å²) in [5.74, 6) is 0.936. The van der Waals surface area contributed by atoms with Crippen LogP contribution in [-0.2, 0) is 35.7 Å². The lowest BCUT2D eigenvalue weighted by Gasteiger charge is -2.08. The number of amides is 1. The lowest BCUT2D eigenvalue weighted by molar-refractivity contribution is -0.121. The van der Waals surface area contributed by atoms with Crippen LogP contribution in [0.3, 0.4) is 0 Å². The molecule has 0 spiro atoms. The number of nitrogens with one attached hydrogen (secondary N) is 1. The number of hydrogen-bond donors (Lipinski definition) is 1. The van der Waals surface area contributed by atoms with Gasteiger partial charge in [-0.3, -0.25) is 4.79 Å². The Morgan fingerprint density at radius 2 is 1.64 bits per heavy atom. The molecule has 0 saturated carbocycles. The summed E-state index contributed by atoms with van der Waals surface area (Å²) >= 11 is 0. The average Bonchev–Trinajstić information content (AvgIpc) is 3.32. The van der Waals surface area contributed by atoms with Crippen molar-refractivity contribution in [1.29, 1.82) is 0 Å². The van der Waals surface area contributed by atoms with Gasteiger partial charge in [-0.25, -0.2) is 0 Å². The van der Waals surface area contributed by atoms with Gasteiger partial charge in [0, 0.05) is 24.9 Å². The molecule has 3 aromatic carbocycles. The molecule has 0 unspecified atom stereocenters. The number of ether oxygens (including phenoxy) is 1. The van der Waals surface area contributed by atoms with E-state index in [-0.39, 0.29) is 12.3 Å². The first-order valence-electron chi connectivity index (χ1n) is 11.0. The van der Waals surface area contributed by atoms with Crippen molar-refractivity contribution in [1.82, 2.24) is 15.5 Å². The van der Waals surface area contributed by atoms with E-state index in [9.17, 15) is 4.79 Å². The Kier molecular flexibility index (Phi) is 7.61. The molecular formula is C27H27N3O3. The molecule has 33 heavy (non-hydrogen) atoms. The summed E-state index contributed by atoms with van der Waals surface area (Å²) in [6, 6.07) is 26.1. The highest BCUT2D eigenvalue weighted by Crippen LogP contribution is 2.17. The van der Waals surface area contributed by atoms with E-state index in [4.69, 9.17) is 9.26 Å². The normalized spacial score (nSPS) is 10.8. The molecule has 6 heteroatoms. The van der Waals surface area contributed by atoms with E-state index in [1.165, 1.54) is 5.56 Å². The van der Waals surface area contributed by atoms with Crippen LogP contribution < -0.4 is 5.32 Å². The van der Waals surface area contributed by atoms with Crippen molar-refractivity contribution in [2.75, 3.05) is 0 Å². The Hall–Kier alpha value is -3.77. The molecule has 0 aliphatic heterocycles. The number of nitrogens with zero attached hydrogens (tertiary/aromatic N) is 2. The minimum absolute atomic E-state index is 0.0594. The fourth-order valence-corrected chi connectivity index (χ4v) is 3.38.